The van der Waals surface area contributed by atoms with Crippen LogP contribution in [0.25, 0.3) is 11.3 Å². The van der Waals surface area contributed by atoms with Crippen LogP contribution in [0, 0.1) is 6.92 Å². The first kappa shape index (κ1) is 23.4. The van der Waals surface area contributed by atoms with E-state index in [1.54, 1.807) is 36.7 Å². The normalized spacial score (nSPS) is 11.3. The number of amides is 1. The molecule has 0 aliphatic rings. The second-order valence-electron chi connectivity index (χ2n) is 7.56. The van der Waals surface area contributed by atoms with E-state index < -0.39 is 22.7 Å². The molecule has 2 aromatic heterocycles. The Balaban J connectivity index is 1.60. The highest BCUT2D eigenvalue weighted by Gasteiger charge is 2.33. The summed E-state index contributed by atoms with van der Waals surface area (Å²) >= 11 is 5.66. The van der Waals surface area contributed by atoms with Crippen molar-refractivity contribution in [3.8, 4) is 11.3 Å². The number of nitrogens with one attached hydrogen (secondary N) is 1. The van der Waals surface area contributed by atoms with E-state index in [1.165, 1.54) is 12.4 Å². The number of benzene rings is 2. The van der Waals surface area contributed by atoms with Crippen LogP contribution >= 0.6 is 11.6 Å². The molecule has 0 saturated carbocycles. The Bertz CT molecular complexity index is 1340. The van der Waals surface area contributed by atoms with Gasteiger partial charge in [0.25, 0.3) is 5.91 Å². The summed E-state index contributed by atoms with van der Waals surface area (Å²) in [5, 5.41) is 2.08. The van der Waals surface area contributed by atoms with Gasteiger partial charge in [0.15, 0.2) is 0 Å². The molecule has 172 valence electrons. The summed E-state index contributed by atoms with van der Waals surface area (Å²) < 4.78 is 39.4. The molecule has 5 nitrogen and oxygen atoms in total. The molecule has 0 saturated heterocycles. The van der Waals surface area contributed by atoms with E-state index in [1.807, 2.05) is 19.1 Å². The van der Waals surface area contributed by atoms with E-state index in [4.69, 9.17) is 11.6 Å². The van der Waals surface area contributed by atoms with Crippen molar-refractivity contribution in [2.45, 2.75) is 19.5 Å². The Morgan fingerprint density at radius 3 is 2.59 bits per heavy atom. The lowest BCUT2D eigenvalue weighted by atomic mass is 9.97. The molecule has 1 N–H and O–H groups in total. The number of carbonyl (C=O) groups excluding carboxylic acids is 1. The van der Waals surface area contributed by atoms with Crippen LogP contribution in [-0.2, 0) is 12.6 Å². The van der Waals surface area contributed by atoms with Crippen molar-refractivity contribution >= 4 is 23.2 Å². The summed E-state index contributed by atoms with van der Waals surface area (Å²) in [5.74, 6) is -0.534. The Labute approximate surface area is 198 Å². The van der Waals surface area contributed by atoms with Crippen molar-refractivity contribution in [3.05, 3.63) is 106 Å². The highest BCUT2D eigenvalue weighted by molar-refractivity contribution is 6.31. The summed E-state index contributed by atoms with van der Waals surface area (Å²) in [6.07, 6.45) is 0.607. The van der Waals surface area contributed by atoms with Crippen molar-refractivity contribution in [2.75, 3.05) is 5.32 Å². The zero-order chi connectivity index (χ0) is 24.3. The van der Waals surface area contributed by atoms with Crippen molar-refractivity contribution in [2.24, 2.45) is 0 Å². The molecule has 0 aliphatic carbocycles. The molecular formula is C25H18ClF3N4O. The summed E-state index contributed by atoms with van der Waals surface area (Å²) in [4.78, 5) is 25.5. The van der Waals surface area contributed by atoms with Crippen LogP contribution in [0.3, 0.4) is 0 Å². The van der Waals surface area contributed by atoms with Crippen molar-refractivity contribution in [1.29, 1.82) is 0 Å². The number of halogens is 4. The van der Waals surface area contributed by atoms with E-state index in [0.717, 1.165) is 40.2 Å². The maximum absolute atomic E-state index is 13.1. The largest absolute Gasteiger partial charge is 0.417 e. The van der Waals surface area contributed by atoms with Crippen LogP contribution in [0.4, 0.5) is 18.9 Å². The number of rotatable bonds is 5. The van der Waals surface area contributed by atoms with Gasteiger partial charge in [-0.25, -0.2) is 9.97 Å². The fourth-order valence-electron chi connectivity index (χ4n) is 3.47. The Hall–Kier alpha value is -3.78. The molecule has 4 rings (SSSR count). The molecule has 0 radical (unpaired) electrons. The summed E-state index contributed by atoms with van der Waals surface area (Å²) in [7, 11) is 0. The SMILES string of the molecule is Cc1ccc(C(=O)Nc2ccc(Cl)c(C(F)(F)F)c2)cc1Cc1ncccc1-c1ccncn1. The maximum Gasteiger partial charge on any atom is 0.417 e. The third-order valence-corrected chi connectivity index (χ3v) is 5.58. The first-order valence-electron chi connectivity index (χ1n) is 10.2. The maximum atomic E-state index is 13.1. The number of hydrogen-bond donors (Lipinski definition) is 1. The molecule has 0 aliphatic heterocycles. The minimum Gasteiger partial charge on any atom is -0.322 e. The van der Waals surface area contributed by atoms with Gasteiger partial charge in [-0.2, -0.15) is 13.2 Å². The van der Waals surface area contributed by atoms with Gasteiger partial charge in [0, 0.05) is 35.6 Å². The summed E-state index contributed by atoms with van der Waals surface area (Å²) in [6.45, 7) is 1.92. The molecule has 4 aromatic rings. The topological polar surface area (TPSA) is 67.8 Å². The number of pyridine rings is 1. The van der Waals surface area contributed by atoms with Crippen LogP contribution in [0.5, 0.6) is 0 Å². The van der Waals surface area contributed by atoms with E-state index >= 15 is 0 Å². The van der Waals surface area contributed by atoms with Crippen LogP contribution in [0.1, 0.15) is 32.7 Å². The van der Waals surface area contributed by atoms with Gasteiger partial charge < -0.3 is 5.32 Å². The van der Waals surface area contributed by atoms with E-state index in [-0.39, 0.29) is 5.69 Å². The monoisotopic (exact) mass is 482 g/mol. The van der Waals surface area contributed by atoms with Crippen LogP contribution in [0.2, 0.25) is 5.02 Å². The average Bonchev–Trinajstić information content (AvgIpc) is 2.82. The van der Waals surface area contributed by atoms with Crippen LogP contribution in [0.15, 0.2) is 73.3 Å². The standard InChI is InChI=1S/C25H18ClF3N4O/c1-15-4-5-16(24(34)33-18-6-7-21(26)20(13-18)25(27,28)29)11-17(15)12-23-19(3-2-9-31-23)22-8-10-30-14-32-22/h2-11,13-14H,12H2,1H3,(H,33,34). The molecule has 2 heterocycles. The van der Waals surface area contributed by atoms with E-state index in [9.17, 15) is 18.0 Å². The number of aromatic nitrogens is 3. The predicted molar refractivity (Wildman–Crippen MR) is 124 cm³/mol. The Morgan fingerprint density at radius 1 is 1.03 bits per heavy atom. The van der Waals surface area contributed by atoms with Crippen LogP contribution < -0.4 is 5.32 Å². The Morgan fingerprint density at radius 2 is 1.85 bits per heavy atom. The zero-order valence-corrected chi connectivity index (χ0v) is 18.7. The highest BCUT2D eigenvalue weighted by atomic mass is 35.5. The quantitative estimate of drug-likeness (QED) is 0.359. The number of carbonyl (C=O) groups is 1. The van der Waals surface area contributed by atoms with Gasteiger partial charge in [-0.05, 0) is 66.6 Å². The third-order valence-electron chi connectivity index (χ3n) is 5.25. The second kappa shape index (κ2) is 9.61. The van der Waals surface area contributed by atoms with Gasteiger partial charge in [0.2, 0.25) is 0 Å². The van der Waals surface area contributed by atoms with E-state index in [0.29, 0.717) is 12.0 Å². The number of anilines is 1. The Kier molecular flexibility index (Phi) is 6.61. The number of hydrogen-bond acceptors (Lipinski definition) is 4. The van der Waals surface area contributed by atoms with E-state index in [2.05, 4.69) is 20.3 Å². The van der Waals surface area contributed by atoms with Gasteiger partial charge in [0.1, 0.15) is 6.33 Å². The molecule has 9 heteroatoms. The molecular weight excluding hydrogens is 465 g/mol. The van der Waals surface area contributed by atoms with Crippen molar-refractivity contribution < 1.29 is 18.0 Å². The molecule has 0 bridgehead atoms. The van der Waals surface area contributed by atoms with Gasteiger partial charge in [-0.1, -0.05) is 17.7 Å². The molecule has 0 unspecified atom stereocenters. The van der Waals surface area contributed by atoms with Gasteiger partial charge >= 0.3 is 6.18 Å². The van der Waals surface area contributed by atoms with Gasteiger partial charge in [-0.15, -0.1) is 0 Å². The molecule has 34 heavy (non-hydrogen) atoms. The minimum absolute atomic E-state index is 0.000348. The lowest BCUT2D eigenvalue weighted by Gasteiger charge is -2.13. The van der Waals surface area contributed by atoms with Gasteiger partial charge in [0.05, 0.1) is 22.0 Å². The number of nitrogens with zero attached hydrogens (tertiary/aromatic N) is 3. The average molecular weight is 483 g/mol. The first-order valence-corrected chi connectivity index (χ1v) is 10.6. The fourth-order valence-corrected chi connectivity index (χ4v) is 3.69. The summed E-state index contributed by atoms with van der Waals surface area (Å²) in [5.41, 5.74) is 3.45. The minimum atomic E-state index is -4.63. The molecule has 1 amide bonds. The second-order valence-corrected chi connectivity index (χ2v) is 7.96. The smallest absolute Gasteiger partial charge is 0.322 e. The summed E-state index contributed by atoms with van der Waals surface area (Å²) in [6, 6.07) is 13.9. The van der Waals surface area contributed by atoms with Crippen molar-refractivity contribution in [3.63, 3.8) is 0 Å². The number of alkyl halides is 3. The van der Waals surface area contributed by atoms with Gasteiger partial charge in [-0.3, -0.25) is 9.78 Å². The van der Waals surface area contributed by atoms with Crippen molar-refractivity contribution in [1.82, 2.24) is 15.0 Å². The predicted octanol–water partition coefficient (Wildman–Crippen LogP) is 6.36. The fraction of sp³-hybridized carbons (Fsp3) is 0.120. The molecule has 2 aromatic carbocycles. The molecule has 0 fully saturated rings. The molecule has 0 spiro atoms. The third kappa shape index (κ3) is 5.23. The lowest BCUT2D eigenvalue weighted by Crippen LogP contribution is -2.14. The van der Waals surface area contributed by atoms with Crippen LogP contribution in [-0.4, -0.2) is 20.9 Å². The first-order chi connectivity index (χ1) is 16.2. The number of aryl methyl sites for hydroxylation is 1. The highest BCUT2D eigenvalue weighted by Crippen LogP contribution is 2.36. The zero-order valence-electron chi connectivity index (χ0n) is 17.9. The molecule has 0 atom stereocenters. The lowest BCUT2D eigenvalue weighted by molar-refractivity contribution is -0.137.